The average molecular weight is 202 g/mol. The molecular weight excluding hydrogens is 180 g/mol. The Morgan fingerprint density at radius 1 is 1.50 bits per heavy atom. The maximum absolute atomic E-state index is 11.2. The highest BCUT2D eigenvalue weighted by atomic mass is 16.5. The molecule has 0 saturated carbocycles. The van der Waals surface area contributed by atoms with Crippen LogP contribution in [0.25, 0.3) is 0 Å². The smallest absolute Gasteiger partial charge is 0.246 e. The summed E-state index contributed by atoms with van der Waals surface area (Å²) in [5, 5.41) is 2.79. The Hall–Kier alpha value is -0.610. The summed E-state index contributed by atoms with van der Waals surface area (Å²) in [5.41, 5.74) is 5.48. The summed E-state index contributed by atoms with van der Waals surface area (Å²) in [6.07, 6.45) is 0.0864. The van der Waals surface area contributed by atoms with Gasteiger partial charge in [-0.25, -0.2) is 0 Å². The van der Waals surface area contributed by atoms with E-state index in [1.807, 2.05) is 27.7 Å². The molecule has 0 radical (unpaired) electrons. The Kier molecular flexibility index (Phi) is 5.72. The van der Waals surface area contributed by atoms with Crippen LogP contribution >= 0.6 is 0 Å². The van der Waals surface area contributed by atoms with Crippen molar-refractivity contribution in [3.8, 4) is 0 Å². The van der Waals surface area contributed by atoms with Gasteiger partial charge >= 0.3 is 0 Å². The first-order valence-electron chi connectivity index (χ1n) is 4.96. The van der Waals surface area contributed by atoms with Crippen molar-refractivity contribution in [2.75, 3.05) is 19.7 Å². The lowest BCUT2D eigenvalue weighted by atomic mass is 9.94. The summed E-state index contributed by atoms with van der Waals surface area (Å²) in [6.45, 7) is 9.09. The summed E-state index contributed by atoms with van der Waals surface area (Å²) < 4.78 is 5.16. The fourth-order valence-corrected chi connectivity index (χ4v) is 0.703. The van der Waals surface area contributed by atoms with Crippen molar-refractivity contribution in [1.29, 1.82) is 0 Å². The van der Waals surface area contributed by atoms with Crippen LogP contribution in [0.1, 0.15) is 27.7 Å². The number of amides is 1. The Labute approximate surface area is 86.2 Å². The van der Waals surface area contributed by atoms with Gasteiger partial charge in [0, 0.05) is 6.54 Å². The topological polar surface area (TPSA) is 64.3 Å². The highest BCUT2D eigenvalue weighted by Crippen LogP contribution is 2.09. The van der Waals surface area contributed by atoms with E-state index in [4.69, 9.17) is 10.5 Å². The van der Waals surface area contributed by atoms with Crippen LogP contribution in [-0.4, -0.2) is 31.7 Å². The third-order valence-corrected chi connectivity index (χ3v) is 1.86. The van der Waals surface area contributed by atoms with Gasteiger partial charge in [-0.3, -0.25) is 4.79 Å². The molecule has 0 spiro atoms. The van der Waals surface area contributed by atoms with Gasteiger partial charge in [0.1, 0.15) is 6.61 Å². The molecule has 0 fully saturated rings. The Balaban J connectivity index is 3.64. The van der Waals surface area contributed by atoms with Gasteiger partial charge in [0.25, 0.3) is 0 Å². The minimum absolute atomic E-state index is 0.0481. The molecule has 1 amide bonds. The Bertz CT molecular complexity index is 179. The molecular formula is C10H22N2O2. The van der Waals surface area contributed by atoms with Crippen molar-refractivity contribution in [3.63, 3.8) is 0 Å². The zero-order valence-corrected chi connectivity index (χ0v) is 9.59. The second-order valence-electron chi connectivity index (χ2n) is 4.50. The van der Waals surface area contributed by atoms with Crippen LogP contribution in [0.15, 0.2) is 0 Å². The van der Waals surface area contributed by atoms with E-state index in [0.29, 0.717) is 13.1 Å². The van der Waals surface area contributed by atoms with Crippen molar-refractivity contribution in [2.24, 2.45) is 11.1 Å². The molecule has 0 heterocycles. The van der Waals surface area contributed by atoms with Crippen molar-refractivity contribution < 1.29 is 9.53 Å². The third kappa shape index (κ3) is 6.86. The maximum atomic E-state index is 11.2. The first kappa shape index (κ1) is 13.4. The van der Waals surface area contributed by atoms with Crippen LogP contribution in [0.4, 0.5) is 0 Å². The first-order valence-corrected chi connectivity index (χ1v) is 4.96. The fraction of sp³-hybridized carbons (Fsp3) is 0.900. The van der Waals surface area contributed by atoms with Crippen molar-refractivity contribution in [2.45, 2.75) is 33.8 Å². The third-order valence-electron chi connectivity index (χ3n) is 1.86. The first-order chi connectivity index (χ1) is 6.37. The van der Waals surface area contributed by atoms with E-state index in [9.17, 15) is 4.79 Å². The van der Waals surface area contributed by atoms with E-state index in [2.05, 4.69) is 5.32 Å². The highest BCUT2D eigenvalue weighted by molar-refractivity contribution is 5.77. The van der Waals surface area contributed by atoms with Gasteiger partial charge in [-0.1, -0.05) is 13.8 Å². The van der Waals surface area contributed by atoms with Crippen molar-refractivity contribution >= 4 is 5.91 Å². The lowest BCUT2D eigenvalue weighted by Crippen LogP contribution is -2.40. The number of ether oxygens (including phenoxy) is 1. The second-order valence-corrected chi connectivity index (χ2v) is 4.50. The molecule has 0 aliphatic rings. The molecule has 0 aliphatic heterocycles. The van der Waals surface area contributed by atoms with Crippen LogP contribution in [0.3, 0.4) is 0 Å². The van der Waals surface area contributed by atoms with Crippen molar-refractivity contribution in [1.82, 2.24) is 5.32 Å². The number of rotatable bonds is 6. The molecule has 84 valence electrons. The minimum atomic E-state index is -0.0831. The molecule has 0 unspecified atom stereocenters. The number of hydrogen-bond donors (Lipinski definition) is 2. The lowest BCUT2D eigenvalue weighted by Gasteiger charge is -2.22. The van der Waals surface area contributed by atoms with Gasteiger partial charge in [-0.15, -0.1) is 0 Å². The molecule has 0 rings (SSSR count). The number of hydrogen-bond acceptors (Lipinski definition) is 3. The number of carbonyl (C=O) groups excluding carboxylic acids is 1. The van der Waals surface area contributed by atoms with Crippen LogP contribution in [0, 0.1) is 5.41 Å². The molecule has 14 heavy (non-hydrogen) atoms. The van der Waals surface area contributed by atoms with E-state index >= 15 is 0 Å². The van der Waals surface area contributed by atoms with Gasteiger partial charge < -0.3 is 15.8 Å². The zero-order chi connectivity index (χ0) is 11.2. The van der Waals surface area contributed by atoms with Gasteiger partial charge in [0.2, 0.25) is 5.91 Å². The van der Waals surface area contributed by atoms with E-state index in [1.165, 1.54) is 0 Å². The minimum Gasteiger partial charge on any atom is -0.369 e. The maximum Gasteiger partial charge on any atom is 0.246 e. The van der Waals surface area contributed by atoms with Gasteiger partial charge in [-0.2, -0.15) is 0 Å². The summed E-state index contributed by atoms with van der Waals surface area (Å²) in [7, 11) is 0. The standard InChI is InChI=1S/C10H22N2O2/c1-8(2)14-5-9(13)12-7-10(3,4)6-11/h8H,5-7,11H2,1-4H3,(H,12,13). The Morgan fingerprint density at radius 3 is 2.50 bits per heavy atom. The summed E-state index contributed by atoms with van der Waals surface area (Å²) in [5.74, 6) is -0.0831. The fourth-order valence-electron chi connectivity index (χ4n) is 0.703. The van der Waals surface area contributed by atoms with E-state index in [0.717, 1.165) is 0 Å². The molecule has 0 aromatic rings. The molecule has 0 aromatic carbocycles. The van der Waals surface area contributed by atoms with Crippen molar-refractivity contribution in [3.05, 3.63) is 0 Å². The van der Waals surface area contributed by atoms with Gasteiger partial charge in [-0.05, 0) is 25.8 Å². The zero-order valence-electron chi connectivity index (χ0n) is 9.59. The summed E-state index contributed by atoms with van der Waals surface area (Å²) in [4.78, 5) is 11.2. The Morgan fingerprint density at radius 2 is 2.07 bits per heavy atom. The molecule has 0 bridgehead atoms. The average Bonchev–Trinajstić information content (AvgIpc) is 2.11. The predicted molar refractivity (Wildman–Crippen MR) is 56.9 cm³/mol. The molecule has 0 atom stereocenters. The second kappa shape index (κ2) is 5.98. The monoisotopic (exact) mass is 202 g/mol. The highest BCUT2D eigenvalue weighted by Gasteiger charge is 2.16. The number of nitrogens with two attached hydrogens (primary N) is 1. The largest absolute Gasteiger partial charge is 0.369 e. The quantitative estimate of drug-likeness (QED) is 0.659. The number of nitrogens with one attached hydrogen (secondary N) is 1. The van der Waals surface area contributed by atoms with Gasteiger partial charge in [0.15, 0.2) is 0 Å². The summed E-state index contributed by atoms with van der Waals surface area (Å²) >= 11 is 0. The predicted octanol–water partition coefficient (Wildman–Crippen LogP) is 0.513. The summed E-state index contributed by atoms with van der Waals surface area (Å²) in [6, 6.07) is 0. The molecule has 0 aliphatic carbocycles. The lowest BCUT2D eigenvalue weighted by molar-refractivity contribution is -0.127. The van der Waals surface area contributed by atoms with E-state index in [1.54, 1.807) is 0 Å². The van der Waals surface area contributed by atoms with Gasteiger partial charge in [0.05, 0.1) is 6.10 Å². The van der Waals surface area contributed by atoms with E-state index in [-0.39, 0.29) is 24.0 Å². The molecule has 4 heteroatoms. The van der Waals surface area contributed by atoms with Crippen LogP contribution in [-0.2, 0) is 9.53 Å². The normalized spacial score (nSPS) is 11.9. The van der Waals surface area contributed by atoms with Crippen LogP contribution < -0.4 is 11.1 Å². The van der Waals surface area contributed by atoms with Crippen LogP contribution in [0.5, 0.6) is 0 Å². The SMILES string of the molecule is CC(C)OCC(=O)NCC(C)(C)CN. The van der Waals surface area contributed by atoms with Crippen LogP contribution in [0.2, 0.25) is 0 Å². The molecule has 0 aromatic heterocycles. The molecule has 0 saturated heterocycles. The van der Waals surface area contributed by atoms with E-state index < -0.39 is 0 Å². The molecule has 4 nitrogen and oxygen atoms in total. The molecule has 3 N–H and O–H groups in total. The number of carbonyl (C=O) groups is 1.